The highest BCUT2D eigenvalue weighted by atomic mass is 16.2. The van der Waals surface area contributed by atoms with Crippen molar-refractivity contribution in [3.8, 4) is 0 Å². The van der Waals surface area contributed by atoms with Crippen molar-refractivity contribution in [1.82, 2.24) is 10.6 Å². The first-order valence-electron chi connectivity index (χ1n) is 8.55. The molecule has 1 aliphatic carbocycles. The first-order valence-corrected chi connectivity index (χ1v) is 8.55. The lowest BCUT2D eigenvalue weighted by atomic mass is 10.2. The minimum atomic E-state index is -0.0515. The van der Waals surface area contributed by atoms with Gasteiger partial charge in [-0.2, -0.15) is 0 Å². The lowest BCUT2D eigenvalue weighted by molar-refractivity contribution is -0.122. The smallest absolute Gasteiger partial charge is 0.239 e. The Morgan fingerprint density at radius 1 is 1.13 bits per heavy atom. The summed E-state index contributed by atoms with van der Waals surface area (Å²) in [7, 11) is 0. The highest BCUT2D eigenvalue weighted by molar-refractivity contribution is 5.82. The molecule has 2 N–H and O–H groups in total. The Morgan fingerprint density at radius 2 is 1.83 bits per heavy atom. The Balaban J connectivity index is 1.66. The van der Waals surface area contributed by atoms with E-state index in [-0.39, 0.29) is 11.8 Å². The summed E-state index contributed by atoms with van der Waals surface area (Å²) in [6.07, 6.45) is 4.92. The molecule has 1 fully saturated rings. The van der Waals surface area contributed by atoms with Gasteiger partial charge in [0.1, 0.15) is 0 Å². The summed E-state index contributed by atoms with van der Waals surface area (Å²) >= 11 is 0. The topological polar surface area (TPSA) is 61.4 Å². The Kier molecular flexibility index (Phi) is 6.91. The number of anilines is 1. The number of likely N-dealkylation sites (N-methyl/N-ethyl adjacent to an activating group) is 1. The van der Waals surface area contributed by atoms with Crippen molar-refractivity contribution in [1.29, 1.82) is 0 Å². The number of amides is 2. The summed E-state index contributed by atoms with van der Waals surface area (Å²) in [5.74, 6) is -0.0167. The zero-order chi connectivity index (χ0) is 16.5. The molecule has 0 radical (unpaired) electrons. The van der Waals surface area contributed by atoms with E-state index in [4.69, 9.17) is 0 Å². The standard InChI is InChI=1S/C18H27N3O2/c1-2-21(16-10-4-3-5-11-16)14-18(23)19-13-12-17(22)20-15-8-6-7-9-15/h3-5,10-11,15H,2,6-9,12-14H2,1H3,(H,19,23)(H,20,22). The van der Waals surface area contributed by atoms with Gasteiger partial charge < -0.3 is 15.5 Å². The molecule has 126 valence electrons. The van der Waals surface area contributed by atoms with Crippen LogP contribution >= 0.6 is 0 Å². The monoisotopic (exact) mass is 317 g/mol. The predicted octanol–water partition coefficient (Wildman–Crippen LogP) is 2.08. The molecule has 0 aliphatic heterocycles. The van der Waals surface area contributed by atoms with Crippen LogP contribution in [0.15, 0.2) is 30.3 Å². The van der Waals surface area contributed by atoms with Crippen LogP contribution in [0.2, 0.25) is 0 Å². The number of hydrogen-bond acceptors (Lipinski definition) is 3. The largest absolute Gasteiger partial charge is 0.363 e. The van der Waals surface area contributed by atoms with Crippen LogP contribution in [0.1, 0.15) is 39.0 Å². The van der Waals surface area contributed by atoms with Gasteiger partial charge in [0, 0.05) is 31.2 Å². The van der Waals surface area contributed by atoms with Gasteiger partial charge in [0.2, 0.25) is 11.8 Å². The molecule has 5 nitrogen and oxygen atoms in total. The Morgan fingerprint density at radius 3 is 2.48 bits per heavy atom. The van der Waals surface area contributed by atoms with Gasteiger partial charge in [-0.1, -0.05) is 31.0 Å². The Hall–Kier alpha value is -2.04. The van der Waals surface area contributed by atoms with Crippen LogP contribution in [0.3, 0.4) is 0 Å². The second kappa shape index (κ2) is 9.18. The molecule has 0 spiro atoms. The summed E-state index contributed by atoms with van der Waals surface area (Å²) in [4.78, 5) is 25.8. The summed E-state index contributed by atoms with van der Waals surface area (Å²) < 4.78 is 0. The van der Waals surface area contributed by atoms with E-state index in [9.17, 15) is 9.59 Å². The summed E-state index contributed by atoms with van der Waals surface area (Å²) in [6, 6.07) is 10.2. The highest BCUT2D eigenvalue weighted by Gasteiger charge is 2.17. The van der Waals surface area contributed by atoms with E-state index in [2.05, 4.69) is 10.6 Å². The van der Waals surface area contributed by atoms with E-state index < -0.39 is 0 Å². The van der Waals surface area contributed by atoms with Gasteiger partial charge in [-0.25, -0.2) is 0 Å². The van der Waals surface area contributed by atoms with E-state index in [1.165, 1.54) is 12.8 Å². The molecule has 5 heteroatoms. The number of para-hydroxylation sites is 1. The third kappa shape index (κ3) is 5.93. The van der Waals surface area contributed by atoms with Crippen LogP contribution in [-0.2, 0) is 9.59 Å². The minimum Gasteiger partial charge on any atom is -0.363 e. The van der Waals surface area contributed by atoms with Crippen molar-refractivity contribution in [2.75, 3.05) is 24.5 Å². The van der Waals surface area contributed by atoms with Crippen molar-refractivity contribution >= 4 is 17.5 Å². The molecular weight excluding hydrogens is 290 g/mol. The Labute approximate surface area is 138 Å². The van der Waals surface area contributed by atoms with Crippen molar-refractivity contribution in [3.63, 3.8) is 0 Å². The van der Waals surface area contributed by atoms with Crippen molar-refractivity contribution in [2.24, 2.45) is 0 Å². The van der Waals surface area contributed by atoms with Crippen molar-refractivity contribution < 1.29 is 9.59 Å². The quantitative estimate of drug-likeness (QED) is 0.772. The lowest BCUT2D eigenvalue weighted by Crippen LogP contribution is -2.39. The maximum absolute atomic E-state index is 12.0. The van der Waals surface area contributed by atoms with Crippen LogP contribution in [-0.4, -0.2) is 37.5 Å². The maximum Gasteiger partial charge on any atom is 0.239 e. The molecule has 23 heavy (non-hydrogen) atoms. The Bertz CT molecular complexity index is 498. The number of carbonyl (C=O) groups excluding carboxylic acids is 2. The van der Waals surface area contributed by atoms with E-state index in [1.807, 2.05) is 42.2 Å². The van der Waals surface area contributed by atoms with Gasteiger partial charge in [0.25, 0.3) is 0 Å². The van der Waals surface area contributed by atoms with E-state index in [1.54, 1.807) is 0 Å². The number of nitrogens with zero attached hydrogens (tertiary/aromatic N) is 1. The molecule has 0 atom stereocenters. The fraction of sp³-hybridized carbons (Fsp3) is 0.556. The fourth-order valence-corrected chi connectivity index (χ4v) is 2.94. The summed E-state index contributed by atoms with van der Waals surface area (Å²) in [6.45, 7) is 3.49. The molecule has 1 aliphatic rings. The van der Waals surface area contributed by atoms with Gasteiger partial charge in [0.15, 0.2) is 0 Å². The molecule has 1 saturated carbocycles. The lowest BCUT2D eigenvalue weighted by Gasteiger charge is -2.22. The van der Waals surface area contributed by atoms with Crippen LogP contribution < -0.4 is 15.5 Å². The second-order valence-corrected chi connectivity index (χ2v) is 6.00. The van der Waals surface area contributed by atoms with E-state index >= 15 is 0 Å². The van der Waals surface area contributed by atoms with Gasteiger partial charge >= 0.3 is 0 Å². The molecule has 0 unspecified atom stereocenters. The third-order valence-corrected chi connectivity index (χ3v) is 4.23. The van der Waals surface area contributed by atoms with Gasteiger partial charge in [-0.3, -0.25) is 9.59 Å². The van der Waals surface area contributed by atoms with Crippen LogP contribution in [0, 0.1) is 0 Å². The third-order valence-electron chi connectivity index (χ3n) is 4.23. The zero-order valence-electron chi connectivity index (χ0n) is 13.9. The molecule has 0 bridgehead atoms. The maximum atomic E-state index is 12.0. The average Bonchev–Trinajstić information content (AvgIpc) is 3.06. The first kappa shape index (κ1) is 17.3. The van der Waals surface area contributed by atoms with Crippen LogP contribution in [0.4, 0.5) is 5.69 Å². The first-order chi connectivity index (χ1) is 11.2. The number of rotatable bonds is 8. The SMILES string of the molecule is CCN(CC(=O)NCCC(=O)NC1CCCC1)c1ccccc1. The number of benzene rings is 1. The van der Waals surface area contributed by atoms with Crippen molar-refractivity contribution in [3.05, 3.63) is 30.3 Å². The molecule has 1 aromatic carbocycles. The van der Waals surface area contributed by atoms with Crippen LogP contribution in [0.5, 0.6) is 0 Å². The number of carbonyl (C=O) groups is 2. The van der Waals surface area contributed by atoms with Crippen molar-refractivity contribution in [2.45, 2.75) is 45.1 Å². The molecule has 0 saturated heterocycles. The molecule has 2 rings (SSSR count). The number of nitrogens with one attached hydrogen (secondary N) is 2. The molecule has 0 aromatic heterocycles. The van der Waals surface area contributed by atoms with Gasteiger partial charge in [-0.05, 0) is 31.9 Å². The van der Waals surface area contributed by atoms with E-state index in [0.717, 1.165) is 25.1 Å². The molecular formula is C18H27N3O2. The predicted molar refractivity (Wildman–Crippen MR) is 92.4 cm³/mol. The normalized spacial score (nSPS) is 14.5. The zero-order valence-corrected chi connectivity index (χ0v) is 13.9. The van der Waals surface area contributed by atoms with E-state index in [0.29, 0.717) is 25.6 Å². The summed E-state index contributed by atoms with van der Waals surface area (Å²) in [5.41, 5.74) is 1.03. The summed E-state index contributed by atoms with van der Waals surface area (Å²) in [5, 5.41) is 5.86. The highest BCUT2D eigenvalue weighted by Crippen LogP contribution is 2.17. The second-order valence-electron chi connectivity index (χ2n) is 6.00. The fourth-order valence-electron chi connectivity index (χ4n) is 2.94. The molecule has 0 heterocycles. The average molecular weight is 317 g/mol. The molecule has 1 aromatic rings. The minimum absolute atomic E-state index is 0.0348. The van der Waals surface area contributed by atoms with Gasteiger partial charge in [-0.15, -0.1) is 0 Å². The molecule has 2 amide bonds. The van der Waals surface area contributed by atoms with Gasteiger partial charge in [0.05, 0.1) is 6.54 Å². The van der Waals surface area contributed by atoms with Crippen LogP contribution in [0.25, 0.3) is 0 Å². The number of hydrogen-bond donors (Lipinski definition) is 2.